The maximum absolute atomic E-state index is 12.2. The van der Waals surface area contributed by atoms with Gasteiger partial charge < -0.3 is 18.9 Å². The first-order chi connectivity index (χ1) is 18.4. The van der Waals surface area contributed by atoms with Crippen LogP contribution < -0.4 is 14.2 Å². The average molecular weight is 509 g/mol. The fourth-order valence-corrected chi connectivity index (χ4v) is 2.80. The van der Waals surface area contributed by atoms with Crippen molar-refractivity contribution in [2.24, 2.45) is 0 Å². The van der Waals surface area contributed by atoms with Gasteiger partial charge in [0.1, 0.15) is 17.2 Å². The molecule has 0 N–H and O–H groups in total. The second-order valence-electron chi connectivity index (χ2n) is 7.51. The number of benzene rings is 3. The molecule has 7 heteroatoms. The molecule has 0 spiro atoms. The summed E-state index contributed by atoms with van der Waals surface area (Å²) < 4.78 is 20.7. The summed E-state index contributed by atoms with van der Waals surface area (Å²) in [5.41, 5.74) is 2.29. The molecule has 0 atom stereocenters. The van der Waals surface area contributed by atoms with E-state index in [1.54, 1.807) is 78.9 Å². The highest BCUT2D eigenvalue weighted by Crippen LogP contribution is 2.16. The van der Waals surface area contributed by atoms with Crippen LogP contribution in [0.3, 0.4) is 0 Å². The second-order valence-corrected chi connectivity index (χ2v) is 7.51. The molecule has 3 aromatic carbocycles. The van der Waals surface area contributed by atoms with Gasteiger partial charge in [-0.2, -0.15) is 0 Å². The zero-order valence-electron chi connectivity index (χ0n) is 20.4. The molecular formula is C31H24O7. The van der Waals surface area contributed by atoms with Crippen molar-refractivity contribution >= 4 is 23.8 Å². The van der Waals surface area contributed by atoms with Gasteiger partial charge in [0.15, 0.2) is 12.4 Å². The monoisotopic (exact) mass is 508 g/mol. The highest BCUT2D eigenvalue weighted by atomic mass is 16.7. The lowest BCUT2D eigenvalue weighted by atomic mass is 10.1. The van der Waals surface area contributed by atoms with E-state index in [-0.39, 0.29) is 19.2 Å². The van der Waals surface area contributed by atoms with E-state index >= 15 is 0 Å². The van der Waals surface area contributed by atoms with Crippen molar-refractivity contribution in [3.05, 3.63) is 121 Å². The Bertz CT molecular complexity index is 1370. The summed E-state index contributed by atoms with van der Waals surface area (Å²) in [5.74, 6) is 6.26. The summed E-state index contributed by atoms with van der Waals surface area (Å²) in [6.45, 7) is 6.43. The second kappa shape index (κ2) is 14.3. The standard InChI is InChI=1S/C31H24O7/c1-3-26(32)21-35-27-14-7-23(8-15-27)5-6-24-11-18-29(19-12-24)38-31(34)20-13-25-9-16-28(17-10-25)36-22-37-30(33)4-2/h3-4,7-20H,1-2,21-22H2/b20-13+. The molecule has 0 saturated heterocycles. The molecule has 0 radical (unpaired) electrons. The lowest BCUT2D eigenvalue weighted by Crippen LogP contribution is -2.07. The van der Waals surface area contributed by atoms with Gasteiger partial charge in [-0.3, -0.25) is 4.79 Å². The maximum Gasteiger partial charge on any atom is 0.336 e. The van der Waals surface area contributed by atoms with Crippen molar-refractivity contribution in [1.82, 2.24) is 0 Å². The van der Waals surface area contributed by atoms with E-state index in [0.29, 0.717) is 17.2 Å². The quantitative estimate of drug-likeness (QED) is 0.120. The van der Waals surface area contributed by atoms with Crippen molar-refractivity contribution in [2.45, 2.75) is 0 Å². The topological polar surface area (TPSA) is 88.1 Å². The third-order valence-corrected chi connectivity index (χ3v) is 4.77. The number of ketones is 1. The molecule has 0 heterocycles. The van der Waals surface area contributed by atoms with Crippen LogP contribution in [0.2, 0.25) is 0 Å². The summed E-state index contributed by atoms with van der Waals surface area (Å²) in [5, 5.41) is 0. The molecule has 7 nitrogen and oxygen atoms in total. The van der Waals surface area contributed by atoms with Gasteiger partial charge in [-0.1, -0.05) is 37.1 Å². The van der Waals surface area contributed by atoms with Crippen LogP contribution >= 0.6 is 0 Å². The van der Waals surface area contributed by atoms with Gasteiger partial charge in [0, 0.05) is 23.3 Å². The van der Waals surface area contributed by atoms with Crippen molar-refractivity contribution < 1.29 is 33.3 Å². The minimum absolute atomic E-state index is 0.0538. The van der Waals surface area contributed by atoms with Crippen LogP contribution in [0.15, 0.2) is 104 Å². The van der Waals surface area contributed by atoms with Gasteiger partial charge in [-0.05, 0) is 78.4 Å². The molecule has 3 aromatic rings. The number of rotatable bonds is 11. The molecule has 190 valence electrons. The summed E-state index contributed by atoms with van der Waals surface area (Å²) in [4.78, 5) is 34.4. The SMILES string of the molecule is C=CC(=O)COc1ccc(C#Cc2ccc(OC(=O)/C=C/c3ccc(OCOC(=O)C=C)cc3)cc2)cc1. The van der Waals surface area contributed by atoms with Crippen LogP contribution in [0.25, 0.3) is 6.08 Å². The molecule has 3 rings (SSSR count). The smallest absolute Gasteiger partial charge is 0.336 e. The Hall–Kier alpha value is -5.35. The van der Waals surface area contributed by atoms with Crippen LogP contribution in [-0.4, -0.2) is 31.1 Å². The number of hydrogen-bond donors (Lipinski definition) is 0. The third kappa shape index (κ3) is 9.36. The van der Waals surface area contributed by atoms with Gasteiger partial charge in [-0.15, -0.1) is 0 Å². The zero-order valence-corrected chi connectivity index (χ0v) is 20.4. The van der Waals surface area contributed by atoms with Crippen molar-refractivity contribution in [1.29, 1.82) is 0 Å². The first kappa shape index (κ1) is 27.2. The number of esters is 2. The molecule has 0 aliphatic carbocycles. The summed E-state index contributed by atoms with van der Waals surface area (Å²) in [6.07, 6.45) is 5.19. The minimum atomic E-state index is -0.570. The molecular weight excluding hydrogens is 484 g/mol. The highest BCUT2D eigenvalue weighted by molar-refractivity contribution is 5.90. The largest absolute Gasteiger partial charge is 0.485 e. The Kier molecular flexibility index (Phi) is 10.2. The normalized spacial score (nSPS) is 10.0. The molecule has 0 fully saturated rings. The number of carbonyl (C=O) groups excluding carboxylic acids is 3. The highest BCUT2D eigenvalue weighted by Gasteiger charge is 2.02. The van der Waals surface area contributed by atoms with Gasteiger partial charge in [0.05, 0.1) is 0 Å². The molecule has 0 saturated carbocycles. The fraction of sp³-hybridized carbons (Fsp3) is 0.0645. The predicted molar refractivity (Wildman–Crippen MR) is 142 cm³/mol. The average Bonchev–Trinajstić information content (AvgIpc) is 2.95. The first-order valence-electron chi connectivity index (χ1n) is 11.4. The number of hydrogen-bond acceptors (Lipinski definition) is 7. The van der Waals surface area contributed by atoms with Gasteiger partial charge in [0.25, 0.3) is 0 Å². The summed E-state index contributed by atoms with van der Waals surface area (Å²) >= 11 is 0. The van der Waals surface area contributed by atoms with E-state index in [4.69, 9.17) is 18.9 Å². The Labute approximate surface area is 220 Å². The summed E-state index contributed by atoms with van der Waals surface area (Å²) in [6, 6.07) is 20.7. The van der Waals surface area contributed by atoms with E-state index < -0.39 is 11.9 Å². The predicted octanol–water partition coefficient (Wildman–Crippen LogP) is 4.90. The number of carbonyl (C=O) groups is 3. The third-order valence-electron chi connectivity index (χ3n) is 4.77. The van der Waals surface area contributed by atoms with Crippen molar-refractivity contribution in [2.75, 3.05) is 13.4 Å². The van der Waals surface area contributed by atoms with Gasteiger partial charge in [-0.25, -0.2) is 9.59 Å². The molecule has 0 amide bonds. The van der Waals surface area contributed by atoms with Crippen molar-refractivity contribution in [3.63, 3.8) is 0 Å². The van der Waals surface area contributed by atoms with E-state index in [1.165, 1.54) is 12.2 Å². The lowest BCUT2D eigenvalue weighted by molar-refractivity contribution is -0.144. The van der Waals surface area contributed by atoms with E-state index in [2.05, 4.69) is 25.0 Å². The Morgan fingerprint density at radius 2 is 1.24 bits per heavy atom. The zero-order chi connectivity index (χ0) is 27.2. The van der Waals surface area contributed by atoms with E-state index in [0.717, 1.165) is 22.8 Å². The Morgan fingerprint density at radius 3 is 1.82 bits per heavy atom. The first-order valence-corrected chi connectivity index (χ1v) is 11.4. The van der Waals surface area contributed by atoms with Crippen LogP contribution in [0, 0.1) is 11.8 Å². The molecule has 38 heavy (non-hydrogen) atoms. The van der Waals surface area contributed by atoms with Crippen LogP contribution in [0.5, 0.6) is 17.2 Å². The van der Waals surface area contributed by atoms with Gasteiger partial charge in [0.2, 0.25) is 6.79 Å². The van der Waals surface area contributed by atoms with Gasteiger partial charge >= 0.3 is 11.9 Å². The Balaban J connectivity index is 1.47. The van der Waals surface area contributed by atoms with Crippen LogP contribution in [0.4, 0.5) is 0 Å². The van der Waals surface area contributed by atoms with Crippen molar-refractivity contribution in [3.8, 4) is 29.1 Å². The lowest BCUT2D eigenvalue weighted by Gasteiger charge is -2.06. The number of ether oxygens (including phenoxy) is 4. The summed E-state index contributed by atoms with van der Waals surface area (Å²) in [7, 11) is 0. The maximum atomic E-state index is 12.2. The fourth-order valence-electron chi connectivity index (χ4n) is 2.80. The molecule has 0 bridgehead atoms. The molecule has 0 aliphatic rings. The van der Waals surface area contributed by atoms with E-state index in [1.807, 2.05) is 0 Å². The van der Waals surface area contributed by atoms with Crippen LogP contribution in [0.1, 0.15) is 16.7 Å². The Morgan fingerprint density at radius 1 is 0.684 bits per heavy atom. The molecule has 0 unspecified atom stereocenters. The molecule has 0 aliphatic heterocycles. The van der Waals surface area contributed by atoms with Crippen LogP contribution in [-0.2, 0) is 19.1 Å². The minimum Gasteiger partial charge on any atom is -0.485 e. The molecule has 0 aromatic heterocycles. The van der Waals surface area contributed by atoms with E-state index in [9.17, 15) is 14.4 Å².